The van der Waals surface area contributed by atoms with Crippen LogP contribution in [0.4, 0.5) is 5.69 Å². The fraction of sp³-hybridized carbons (Fsp3) is 0.381. The van der Waals surface area contributed by atoms with Crippen molar-refractivity contribution in [1.82, 2.24) is 4.90 Å². The number of aryl methyl sites for hydroxylation is 1. The number of benzene rings is 1. The molecule has 1 aromatic heterocycles. The third-order valence-electron chi connectivity index (χ3n) is 4.92. The summed E-state index contributed by atoms with van der Waals surface area (Å²) >= 11 is 6.08. The molecule has 2 aromatic rings. The molecular weight excluding hydrogens is 412 g/mol. The molecule has 1 aliphatic heterocycles. The molecule has 0 saturated carbocycles. The minimum atomic E-state index is -1.07. The van der Waals surface area contributed by atoms with E-state index >= 15 is 0 Å². The second-order valence-electron chi connectivity index (χ2n) is 7.00. The van der Waals surface area contributed by atoms with Crippen molar-refractivity contribution in [2.24, 2.45) is 0 Å². The number of likely N-dealkylation sites (tertiary alicyclic amines) is 1. The number of rotatable bonds is 6. The van der Waals surface area contributed by atoms with Crippen molar-refractivity contribution in [3.05, 3.63) is 46.9 Å². The van der Waals surface area contributed by atoms with E-state index in [1.165, 1.54) is 25.2 Å². The first-order valence-corrected chi connectivity index (χ1v) is 9.89. The molecule has 1 N–H and O–H groups in total. The molecule has 1 aromatic carbocycles. The van der Waals surface area contributed by atoms with E-state index in [1.54, 1.807) is 31.2 Å². The van der Waals surface area contributed by atoms with Gasteiger partial charge < -0.3 is 24.1 Å². The highest BCUT2D eigenvalue weighted by Gasteiger charge is 2.37. The number of anilines is 1. The van der Waals surface area contributed by atoms with E-state index < -0.39 is 24.0 Å². The van der Waals surface area contributed by atoms with Crippen LogP contribution in [0.1, 0.15) is 35.9 Å². The Labute approximate surface area is 179 Å². The van der Waals surface area contributed by atoms with Crippen LogP contribution in [0.5, 0.6) is 5.75 Å². The number of halogens is 1. The number of ether oxygens (including phenoxy) is 2. The van der Waals surface area contributed by atoms with Crippen LogP contribution in [-0.4, -0.2) is 48.5 Å². The SMILES string of the molecule is COc1cc(Cl)c(C)cc1NC(=O)[C@H](C)OC(=O)[C@H]1CCCN1C(=O)c1ccco1. The smallest absolute Gasteiger partial charge is 0.329 e. The molecule has 160 valence electrons. The zero-order valence-electron chi connectivity index (χ0n) is 16.9. The molecule has 30 heavy (non-hydrogen) atoms. The van der Waals surface area contributed by atoms with Gasteiger partial charge in [0.15, 0.2) is 11.9 Å². The van der Waals surface area contributed by atoms with Crippen LogP contribution in [0.3, 0.4) is 0 Å². The van der Waals surface area contributed by atoms with E-state index in [4.69, 9.17) is 25.5 Å². The number of methoxy groups -OCH3 is 1. The normalized spacial score (nSPS) is 16.8. The molecule has 2 amide bonds. The van der Waals surface area contributed by atoms with E-state index in [-0.39, 0.29) is 11.7 Å². The molecule has 0 bridgehead atoms. The van der Waals surface area contributed by atoms with Gasteiger partial charge in [-0.25, -0.2) is 4.79 Å². The Hall–Kier alpha value is -3.00. The molecule has 0 unspecified atom stereocenters. The minimum absolute atomic E-state index is 0.158. The van der Waals surface area contributed by atoms with Crippen LogP contribution in [-0.2, 0) is 14.3 Å². The predicted molar refractivity (Wildman–Crippen MR) is 110 cm³/mol. The largest absolute Gasteiger partial charge is 0.495 e. The fourth-order valence-electron chi connectivity index (χ4n) is 3.27. The van der Waals surface area contributed by atoms with Gasteiger partial charge in [0.25, 0.3) is 11.8 Å². The summed E-state index contributed by atoms with van der Waals surface area (Å²) in [5.41, 5.74) is 1.18. The summed E-state index contributed by atoms with van der Waals surface area (Å²) < 4.78 is 15.7. The van der Waals surface area contributed by atoms with Crippen molar-refractivity contribution in [2.45, 2.75) is 38.8 Å². The first kappa shape index (κ1) is 21.7. The quantitative estimate of drug-likeness (QED) is 0.699. The van der Waals surface area contributed by atoms with Crippen molar-refractivity contribution < 1.29 is 28.3 Å². The Balaban J connectivity index is 1.64. The van der Waals surface area contributed by atoms with Crippen molar-refractivity contribution in [3.8, 4) is 5.75 Å². The molecule has 1 fully saturated rings. The lowest BCUT2D eigenvalue weighted by atomic mass is 10.2. The molecular formula is C21H23ClN2O6. The maximum atomic E-state index is 12.7. The third kappa shape index (κ3) is 4.59. The van der Waals surface area contributed by atoms with Crippen LogP contribution in [0.15, 0.2) is 34.9 Å². The van der Waals surface area contributed by atoms with Crippen molar-refractivity contribution in [1.29, 1.82) is 0 Å². The highest BCUT2D eigenvalue weighted by molar-refractivity contribution is 6.31. The van der Waals surface area contributed by atoms with E-state index in [0.717, 1.165) is 5.56 Å². The maximum absolute atomic E-state index is 12.7. The third-order valence-corrected chi connectivity index (χ3v) is 5.33. The van der Waals surface area contributed by atoms with Gasteiger partial charge in [-0.3, -0.25) is 9.59 Å². The van der Waals surface area contributed by atoms with Gasteiger partial charge >= 0.3 is 5.97 Å². The van der Waals surface area contributed by atoms with Gasteiger partial charge in [0, 0.05) is 17.6 Å². The number of furan rings is 1. The second kappa shape index (κ2) is 9.21. The van der Waals surface area contributed by atoms with Gasteiger partial charge in [-0.2, -0.15) is 0 Å². The number of carbonyl (C=O) groups is 3. The van der Waals surface area contributed by atoms with Crippen LogP contribution in [0, 0.1) is 6.92 Å². The zero-order valence-corrected chi connectivity index (χ0v) is 17.7. The molecule has 0 spiro atoms. The number of esters is 1. The van der Waals surface area contributed by atoms with Crippen LogP contribution < -0.4 is 10.1 Å². The molecule has 0 aliphatic carbocycles. The Morgan fingerprint density at radius 2 is 2.10 bits per heavy atom. The Morgan fingerprint density at radius 1 is 1.33 bits per heavy atom. The van der Waals surface area contributed by atoms with E-state index in [1.807, 2.05) is 0 Å². The summed E-state index contributed by atoms with van der Waals surface area (Å²) in [6.45, 7) is 3.68. The number of nitrogens with zero attached hydrogens (tertiary/aromatic N) is 1. The van der Waals surface area contributed by atoms with Gasteiger partial charge in [-0.05, 0) is 50.5 Å². The molecule has 3 rings (SSSR count). The summed E-state index contributed by atoms with van der Waals surface area (Å²) in [6, 6.07) is 5.66. The van der Waals surface area contributed by atoms with Gasteiger partial charge in [0.2, 0.25) is 0 Å². The van der Waals surface area contributed by atoms with Gasteiger partial charge in [-0.1, -0.05) is 11.6 Å². The van der Waals surface area contributed by atoms with E-state index in [9.17, 15) is 14.4 Å². The molecule has 1 saturated heterocycles. The molecule has 2 atom stereocenters. The Bertz CT molecular complexity index is 943. The van der Waals surface area contributed by atoms with Crippen molar-refractivity contribution in [3.63, 3.8) is 0 Å². The van der Waals surface area contributed by atoms with E-state index in [2.05, 4.69) is 5.32 Å². The summed E-state index contributed by atoms with van der Waals surface area (Å²) in [6.07, 6.45) is 1.45. The highest BCUT2D eigenvalue weighted by atomic mass is 35.5. The van der Waals surface area contributed by atoms with Crippen molar-refractivity contribution >= 4 is 35.1 Å². The van der Waals surface area contributed by atoms with Crippen LogP contribution >= 0.6 is 11.6 Å². The molecule has 0 radical (unpaired) electrons. The standard InChI is InChI=1S/C21H23ClN2O6/c1-12-10-15(18(28-3)11-14(12)22)23-19(25)13(2)30-21(27)16-6-4-8-24(16)20(26)17-7-5-9-29-17/h5,7,9-11,13,16H,4,6,8H2,1-3H3,(H,23,25)/t13-,16+/m0/s1. The Morgan fingerprint density at radius 3 is 2.77 bits per heavy atom. The minimum Gasteiger partial charge on any atom is -0.495 e. The van der Waals surface area contributed by atoms with Gasteiger partial charge in [-0.15, -0.1) is 0 Å². The number of carbonyl (C=O) groups excluding carboxylic acids is 3. The second-order valence-corrected chi connectivity index (χ2v) is 7.41. The average molecular weight is 435 g/mol. The monoisotopic (exact) mass is 434 g/mol. The Kier molecular flexibility index (Phi) is 6.66. The van der Waals surface area contributed by atoms with Gasteiger partial charge in [0.1, 0.15) is 11.8 Å². The lowest BCUT2D eigenvalue weighted by molar-refractivity contribution is -0.156. The predicted octanol–water partition coefficient (Wildman–Crippen LogP) is 3.43. The lowest BCUT2D eigenvalue weighted by Crippen LogP contribution is -2.43. The van der Waals surface area contributed by atoms with Crippen molar-refractivity contribution in [2.75, 3.05) is 19.0 Å². The van der Waals surface area contributed by atoms with E-state index in [0.29, 0.717) is 35.8 Å². The average Bonchev–Trinajstić information content (AvgIpc) is 3.42. The number of amides is 2. The number of nitrogens with one attached hydrogen (secondary N) is 1. The summed E-state index contributed by atoms with van der Waals surface area (Å²) in [7, 11) is 1.46. The molecule has 9 heteroatoms. The topological polar surface area (TPSA) is 98.1 Å². The molecule has 2 heterocycles. The maximum Gasteiger partial charge on any atom is 0.329 e. The first-order valence-electron chi connectivity index (χ1n) is 9.51. The summed E-state index contributed by atoms with van der Waals surface area (Å²) in [5.74, 6) is -0.980. The number of hydrogen-bond acceptors (Lipinski definition) is 6. The molecule has 1 aliphatic rings. The summed E-state index contributed by atoms with van der Waals surface area (Å²) in [5, 5.41) is 3.19. The zero-order chi connectivity index (χ0) is 21.8. The fourth-order valence-corrected chi connectivity index (χ4v) is 3.42. The number of hydrogen-bond donors (Lipinski definition) is 1. The highest BCUT2D eigenvalue weighted by Crippen LogP contribution is 2.31. The van der Waals surface area contributed by atoms with Gasteiger partial charge in [0.05, 0.1) is 19.1 Å². The molecule has 8 nitrogen and oxygen atoms in total. The first-order chi connectivity index (χ1) is 14.3. The van der Waals surface area contributed by atoms with Crippen LogP contribution in [0.25, 0.3) is 0 Å². The summed E-state index contributed by atoms with van der Waals surface area (Å²) in [4.78, 5) is 39.2. The van der Waals surface area contributed by atoms with Crippen LogP contribution in [0.2, 0.25) is 5.02 Å². The lowest BCUT2D eigenvalue weighted by Gasteiger charge is -2.24.